The number of nitrogens with one attached hydrogen (secondary N) is 1. The standard InChI is InChI=1S/C20H30N2O5S/c1-15-6-8-20(2,9-7-15)21-19(23)16-4-5-17(26-3)18(14-16)28(24,25)22-10-12-27-13-11-22/h4-5,14-15H,6-13H2,1-3H3,(H,21,23). The Hall–Kier alpha value is -1.64. The molecule has 1 aromatic carbocycles. The van der Waals surface area contributed by atoms with Crippen molar-refractivity contribution in [1.82, 2.24) is 9.62 Å². The number of sulfonamides is 1. The largest absolute Gasteiger partial charge is 0.495 e. The molecule has 0 aromatic heterocycles. The molecule has 1 heterocycles. The van der Waals surface area contributed by atoms with Crippen molar-refractivity contribution in [3.05, 3.63) is 23.8 Å². The molecule has 1 aliphatic heterocycles. The van der Waals surface area contributed by atoms with Gasteiger partial charge in [-0.1, -0.05) is 6.92 Å². The molecule has 0 spiro atoms. The average molecular weight is 411 g/mol. The van der Waals surface area contributed by atoms with E-state index in [0.29, 0.717) is 24.7 Å². The molecule has 8 heteroatoms. The second kappa shape index (κ2) is 8.39. The quantitative estimate of drug-likeness (QED) is 0.806. The molecule has 7 nitrogen and oxygen atoms in total. The van der Waals surface area contributed by atoms with E-state index in [0.717, 1.165) is 25.7 Å². The molecule has 1 saturated heterocycles. The highest BCUT2D eigenvalue weighted by atomic mass is 32.2. The first-order valence-corrected chi connectivity index (χ1v) is 11.3. The number of morpholine rings is 1. The zero-order valence-corrected chi connectivity index (χ0v) is 17.7. The lowest BCUT2D eigenvalue weighted by Crippen LogP contribution is -2.48. The molecule has 2 aliphatic rings. The van der Waals surface area contributed by atoms with Gasteiger partial charge in [0.1, 0.15) is 10.6 Å². The fraction of sp³-hybridized carbons (Fsp3) is 0.650. The lowest BCUT2D eigenvalue weighted by Gasteiger charge is -2.37. The lowest BCUT2D eigenvalue weighted by atomic mass is 9.78. The van der Waals surface area contributed by atoms with Crippen molar-refractivity contribution in [1.29, 1.82) is 0 Å². The van der Waals surface area contributed by atoms with Crippen LogP contribution in [0.3, 0.4) is 0 Å². The average Bonchev–Trinajstić information content (AvgIpc) is 2.70. The lowest BCUT2D eigenvalue weighted by molar-refractivity contribution is 0.0729. The number of methoxy groups -OCH3 is 1. The van der Waals surface area contributed by atoms with Crippen LogP contribution in [0.25, 0.3) is 0 Å². The third kappa shape index (κ3) is 4.50. The minimum Gasteiger partial charge on any atom is -0.495 e. The Morgan fingerprint density at radius 1 is 1.25 bits per heavy atom. The van der Waals surface area contributed by atoms with Crippen LogP contribution in [0, 0.1) is 5.92 Å². The van der Waals surface area contributed by atoms with E-state index < -0.39 is 10.0 Å². The normalized spacial score (nSPS) is 26.6. The molecule has 1 aliphatic carbocycles. The molecule has 2 fully saturated rings. The van der Waals surface area contributed by atoms with Crippen molar-refractivity contribution < 1.29 is 22.7 Å². The highest BCUT2D eigenvalue weighted by molar-refractivity contribution is 7.89. The van der Waals surface area contributed by atoms with Gasteiger partial charge in [0.05, 0.1) is 20.3 Å². The maximum absolute atomic E-state index is 13.1. The predicted molar refractivity (Wildman–Crippen MR) is 106 cm³/mol. The van der Waals surface area contributed by atoms with E-state index in [4.69, 9.17) is 9.47 Å². The van der Waals surface area contributed by atoms with Gasteiger partial charge in [0.15, 0.2) is 0 Å². The van der Waals surface area contributed by atoms with Crippen LogP contribution in [0.1, 0.15) is 49.9 Å². The molecule has 28 heavy (non-hydrogen) atoms. The van der Waals surface area contributed by atoms with Crippen LogP contribution >= 0.6 is 0 Å². The zero-order valence-electron chi connectivity index (χ0n) is 16.9. The number of carbonyl (C=O) groups excluding carboxylic acids is 1. The maximum Gasteiger partial charge on any atom is 0.251 e. The van der Waals surface area contributed by atoms with Crippen molar-refractivity contribution >= 4 is 15.9 Å². The SMILES string of the molecule is COc1ccc(C(=O)NC2(C)CCC(C)CC2)cc1S(=O)(=O)N1CCOCC1. The summed E-state index contributed by atoms with van der Waals surface area (Å²) in [5.74, 6) is 0.662. The van der Waals surface area contributed by atoms with Crippen molar-refractivity contribution in [2.45, 2.75) is 50.0 Å². The summed E-state index contributed by atoms with van der Waals surface area (Å²) >= 11 is 0. The van der Waals surface area contributed by atoms with Crippen LogP contribution in [-0.4, -0.2) is 57.6 Å². The molecule has 0 radical (unpaired) electrons. The highest BCUT2D eigenvalue weighted by Crippen LogP contribution is 2.32. The molecule has 3 rings (SSSR count). The summed E-state index contributed by atoms with van der Waals surface area (Å²) < 4.78 is 38.1. The van der Waals surface area contributed by atoms with E-state index in [9.17, 15) is 13.2 Å². The van der Waals surface area contributed by atoms with E-state index in [2.05, 4.69) is 19.2 Å². The molecule has 156 valence electrons. The van der Waals surface area contributed by atoms with Gasteiger partial charge < -0.3 is 14.8 Å². The van der Waals surface area contributed by atoms with Crippen LogP contribution in [-0.2, 0) is 14.8 Å². The molecule has 1 aromatic rings. The first-order chi connectivity index (χ1) is 13.2. The Labute approximate surface area is 167 Å². The minimum atomic E-state index is -3.77. The van der Waals surface area contributed by atoms with Crippen LogP contribution in [0.5, 0.6) is 5.75 Å². The fourth-order valence-corrected chi connectivity index (χ4v) is 5.41. The molecular weight excluding hydrogens is 380 g/mol. The summed E-state index contributed by atoms with van der Waals surface area (Å²) in [6.45, 7) is 5.59. The molecule has 0 atom stereocenters. The summed E-state index contributed by atoms with van der Waals surface area (Å²) in [4.78, 5) is 12.9. The third-order valence-corrected chi connectivity index (χ3v) is 7.73. The zero-order chi connectivity index (χ0) is 20.4. The summed E-state index contributed by atoms with van der Waals surface area (Å²) in [7, 11) is -2.34. The van der Waals surface area contributed by atoms with Crippen molar-refractivity contribution in [3.63, 3.8) is 0 Å². The number of rotatable bonds is 5. The predicted octanol–water partition coefficient (Wildman–Crippen LogP) is 2.41. The molecule has 0 bridgehead atoms. The summed E-state index contributed by atoms with van der Waals surface area (Å²) in [6.07, 6.45) is 4.01. The Morgan fingerprint density at radius 3 is 2.50 bits per heavy atom. The number of amides is 1. The number of ether oxygens (including phenoxy) is 2. The summed E-state index contributed by atoms with van der Waals surface area (Å²) in [5.41, 5.74) is 0.0692. The fourth-order valence-electron chi connectivity index (χ4n) is 3.82. The van der Waals surface area contributed by atoms with Crippen molar-refractivity contribution in [2.75, 3.05) is 33.4 Å². The van der Waals surface area contributed by atoms with Crippen LogP contribution < -0.4 is 10.1 Å². The summed E-state index contributed by atoms with van der Waals surface area (Å²) in [5, 5.41) is 3.12. The first kappa shape index (κ1) is 21.1. The van der Waals surface area contributed by atoms with Gasteiger partial charge >= 0.3 is 0 Å². The number of nitrogens with zero attached hydrogens (tertiary/aromatic N) is 1. The van der Waals surface area contributed by atoms with Crippen LogP contribution in [0.15, 0.2) is 23.1 Å². The van der Waals surface area contributed by atoms with Gasteiger partial charge in [-0.3, -0.25) is 4.79 Å². The second-order valence-electron chi connectivity index (χ2n) is 8.08. The van der Waals surface area contributed by atoms with Gasteiger partial charge in [0, 0.05) is 24.2 Å². The Morgan fingerprint density at radius 2 is 1.89 bits per heavy atom. The smallest absolute Gasteiger partial charge is 0.251 e. The van der Waals surface area contributed by atoms with Gasteiger partial charge in [-0.05, 0) is 56.7 Å². The van der Waals surface area contributed by atoms with Gasteiger partial charge in [0.25, 0.3) is 5.91 Å². The number of hydrogen-bond donors (Lipinski definition) is 1. The minimum absolute atomic E-state index is 0.0203. The monoisotopic (exact) mass is 410 g/mol. The van der Waals surface area contributed by atoms with E-state index in [1.54, 1.807) is 12.1 Å². The molecule has 0 unspecified atom stereocenters. The number of carbonyl (C=O) groups is 1. The van der Waals surface area contributed by atoms with Crippen molar-refractivity contribution in [2.24, 2.45) is 5.92 Å². The maximum atomic E-state index is 13.1. The Bertz CT molecular complexity index is 810. The molecule has 1 amide bonds. The van der Waals surface area contributed by atoms with E-state index >= 15 is 0 Å². The topological polar surface area (TPSA) is 84.9 Å². The number of hydrogen-bond acceptors (Lipinski definition) is 5. The highest BCUT2D eigenvalue weighted by Gasteiger charge is 2.33. The van der Waals surface area contributed by atoms with Gasteiger partial charge in [-0.2, -0.15) is 4.31 Å². The van der Waals surface area contributed by atoms with E-state index in [-0.39, 0.29) is 35.2 Å². The number of benzene rings is 1. The first-order valence-electron chi connectivity index (χ1n) is 9.84. The second-order valence-corrected chi connectivity index (χ2v) is 9.99. The summed E-state index contributed by atoms with van der Waals surface area (Å²) in [6, 6.07) is 4.59. The van der Waals surface area contributed by atoms with Gasteiger partial charge in [-0.15, -0.1) is 0 Å². The van der Waals surface area contributed by atoms with Crippen LogP contribution in [0.4, 0.5) is 0 Å². The molecule has 1 N–H and O–H groups in total. The molecular formula is C20H30N2O5S. The van der Waals surface area contributed by atoms with E-state index in [1.165, 1.54) is 17.5 Å². The van der Waals surface area contributed by atoms with E-state index in [1.807, 2.05) is 0 Å². The van der Waals surface area contributed by atoms with Crippen LogP contribution in [0.2, 0.25) is 0 Å². The van der Waals surface area contributed by atoms with Crippen molar-refractivity contribution in [3.8, 4) is 5.75 Å². The molecule has 1 saturated carbocycles. The van der Waals surface area contributed by atoms with Gasteiger partial charge in [0.2, 0.25) is 10.0 Å². The Kier molecular flexibility index (Phi) is 6.31. The Balaban J connectivity index is 1.85. The van der Waals surface area contributed by atoms with Gasteiger partial charge in [-0.25, -0.2) is 8.42 Å². The third-order valence-electron chi connectivity index (χ3n) is 5.81.